The number of carbonyl (C=O) groups excluding carboxylic acids is 1. The summed E-state index contributed by atoms with van der Waals surface area (Å²) in [4.78, 5) is 11.4. The van der Waals surface area contributed by atoms with Gasteiger partial charge in [-0.2, -0.15) is 0 Å². The topological polar surface area (TPSA) is 35.5 Å². The number of hydrogen-bond donors (Lipinski definition) is 0. The third-order valence-corrected chi connectivity index (χ3v) is 2.50. The molecule has 0 atom stereocenters. The summed E-state index contributed by atoms with van der Waals surface area (Å²) in [5.74, 6) is 0.552. The molecule has 3 heteroatoms. The second-order valence-corrected chi connectivity index (χ2v) is 3.73. The molecule has 0 N–H and O–H groups in total. The summed E-state index contributed by atoms with van der Waals surface area (Å²) in [6.45, 7) is 6.82. The van der Waals surface area contributed by atoms with E-state index in [4.69, 9.17) is 9.47 Å². The Morgan fingerprint density at radius 1 is 1.11 bits per heavy atom. The number of rotatable bonds is 6. The Labute approximate surface area is 108 Å². The molecule has 0 aliphatic rings. The van der Waals surface area contributed by atoms with Crippen molar-refractivity contribution in [2.24, 2.45) is 0 Å². The van der Waals surface area contributed by atoms with Crippen molar-refractivity contribution in [1.82, 2.24) is 0 Å². The molecule has 0 aliphatic heterocycles. The predicted molar refractivity (Wildman–Crippen MR) is 72.5 cm³/mol. The van der Waals surface area contributed by atoms with Crippen molar-refractivity contribution < 1.29 is 14.3 Å². The van der Waals surface area contributed by atoms with Gasteiger partial charge in [-0.05, 0) is 43.5 Å². The van der Waals surface area contributed by atoms with E-state index in [9.17, 15) is 4.79 Å². The van der Waals surface area contributed by atoms with E-state index in [1.165, 1.54) is 0 Å². The second-order valence-electron chi connectivity index (χ2n) is 3.73. The van der Waals surface area contributed by atoms with Crippen LogP contribution in [0.4, 0.5) is 0 Å². The molecule has 0 spiro atoms. The van der Waals surface area contributed by atoms with Crippen LogP contribution in [0.3, 0.4) is 0 Å². The third-order valence-electron chi connectivity index (χ3n) is 2.50. The summed E-state index contributed by atoms with van der Waals surface area (Å²) in [5, 5.41) is 0. The smallest absolute Gasteiger partial charge is 0.331 e. The molecule has 3 nitrogen and oxygen atoms in total. The SMILES string of the molecule is CCOC(=O)C=C(CC)c1ccc(OCC)cc1. The molecule has 98 valence electrons. The van der Waals surface area contributed by atoms with Gasteiger partial charge in [0, 0.05) is 6.08 Å². The van der Waals surface area contributed by atoms with Gasteiger partial charge in [-0.3, -0.25) is 0 Å². The largest absolute Gasteiger partial charge is 0.494 e. The summed E-state index contributed by atoms with van der Waals surface area (Å²) < 4.78 is 10.3. The fourth-order valence-corrected chi connectivity index (χ4v) is 1.65. The van der Waals surface area contributed by atoms with Gasteiger partial charge >= 0.3 is 5.97 Å². The lowest BCUT2D eigenvalue weighted by Crippen LogP contribution is -2.01. The number of ether oxygens (including phenoxy) is 2. The van der Waals surface area contributed by atoms with Gasteiger partial charge in [0.05, 0.1) is 13.2 Å². The van der Waals surface area contributed by atoms with Crippen molar-refractivity contribution in [2.75, 3.05) is 13.2 Å². The highest BCUT2D eigenvalue weighted by Gasteiger charge is 2.04. The Bertz CT molecular complexity index is 404. The summed E-state index contributed by atoms with van der Waals surface area (Å²) in [5.41, 5.74) is 1.99. The van der Waals surface area contributed by atoms with E-state index in [1.54, 1.807) is 13.0 Å². The van der Waals surface area contributed by atoms with Crippen LogP contribution < -0.4 is 4.74 Å². The number of benzene rings is 1. The first-order chi connectivity index (χ1) is 8.71. The maximum Gasteiger partial charge on any atom is 0.331 e. The summed E-state index contributed by atoms with van der Waals surface area (Å²) in [6.07, 6.45) is 2.34. The first kappa shape index (κ1) is 14.3. The van der Waals surface area contributed by atoms with Crippen LogP contribution in [0.15, 0.2) is 30.3 Å². The molecule has 0 saturated heterocycles. The van der Waals surface area contributed by atoms with E-state index in [0.29, 0.717) is 13.2 Å². The molecule has 0 radical (unpaired) electrons. The molecular formula is C15H20O3. The van der Waals surface area contributed by atoms with Crippen LogP contribution in [0.5, 0.6) is 5.75 Å². The van der Waals surface area contributed by atoms with E-state index in [0.717, 1.165) is 23.3 Å². The highest BCUT2D eigenvalue weighted by molar-refractivity contribution is 5.91. The molecule has 1 aromatic rings. The summed E-state index contributed by atoms with van der Waals surface area (Å²) >= 11 is 0. The highest BCUT2D eigenvalue weighted by atomic mass is 16.5. The van der Waals surface area contributed by atoms with Gasteiger partial charge in [0.15, 0.2) is 0 Å². The molecule has 0 saturated carbocycles. The molecule has 0 bridgehead atoms. The van der Waals surface area contributed by atoms with Gasteiger partial charge in [-0.15, -0.1) is 0 Å². The number of hydrogen-bond acceptors (Lipinski definition) is 3. The highest BCUT2D eigenvalue weighted by Crippen LogP contribution is 2.21. The van der Waals surface area contributed by atoms with E-state index in [-0.39, 0.29) is 5.97 Å². The molecule has 0 heterocycles. The van der Waals surface area contributed by atoms with Crippen LogP contribution in [0.1, 0.15) is 32.8 Å². The zero-order valence-electron chi connectivity index (χ0n) is 11.2. The molecule has 18 heavy (non-hydrogen) atoms. The van der Waals surface area contributed by atoms with Gasteiger partial charge in [0.1, 0.15) is 5.75 Å². The predicted octanol–water partition coefficient (Wildman–Crippen LogP) is 3.44. The zero-order chi connectivity index (χ0) is 13.4. The summed E-state index contributed by atoms with van der Waals surface area (Å²) in [6, 6.07) is 7.74. The zero-order valence-corrected chi connectivity index (χ0v) is 11.2. The van der Waals surface area contributed by atoms with Crippen LogP contribution >= 0.6 is 0 Å². The van der Waals surface area contributed by atoms with Crippen LogP contribution in [-0.2, 0) is 9.53 Å². The van der Waals surface area contributed by atoms with Gasteiger partial charge in [0.25, 0.3) is 0 Å². The minimum Gasteiger partial charge on any atom is -0.494 e. The van der Waals surface area contributed by atoms with Crippen LogP contribution in [0.25, 0.3) is 5.57 Å². The number of carbonyl (C=O) groups is 1. The Morgan fingerprint density at radius 3 is 2.28 bits per heavy atom. The van der Waals surface area contributed by atoms with E-state index >= 15 is 0 Å². The average molecular weight is 248 g/mol. The van der Waals surface area contributed by atoms with Crippen LogP contribution in [0.2, 0.25) is 0 Å². The molecule has 0 aromatic heterocycles. The van der Waals surface area contributed by atoms with Gasteiger partial charge in [-0.25, -0.2) is 4.79 Å². The van der Waals surface area contributed by atoms with E-state index < -0.39 is 0 Å². The molecule has 0 unspecified atom stereocenters. The number of esters is 1. The van der Waals surface area contributed by atoms with Crippen molar-refractivity contribution in [3.8, 4) is 5.75 Å². The van der Waals surface area contributed by atoms with Crippen molar-refractivity contribution in [1.29, 1.82) is 0 Å². The Balaban J connectivity index is 2.85. The van der Waals surface area contributed by atoms with Gasteiger partial charge in [0.2, 0.25) is 0 Å². The van der Waals surface area contributed by atoms with Gasteiger partial charge in [-0.1, -0.05) is 19.1 Å². The lowest BCUT2D eigenvalue weighted by molar-refractivity contribution is -0.137. The van der Waals surface area contributed by atoms with Crippen molar-refractivity contribution >= 4 is 11.5 Å². The van der Waals surface area contributed by atoms with Crippen LogP contribution in [0, 0.1) is 0 Å². The normalized spacial score (nSPS) is 11.2. The molecule has 1 rings (SSSR count). The Morgan fingerprint density at radius 2 is 1.78 bits per heavy atom. The lowest BCUT2D eigenvalue weighted by Gasteiger charge is -2.07. The molecular weight excluding hydrogens is 228 g/mol. The van der Waals surface area contributed by atoms with Crippen molar-refractivity contribution in [3.63, 3.8) is 0 Å². The quantitative estimate of drug-likeness (QED) is 0.571. The second kappa shape index (κ2) is 7.54. The third kappa shape index (κ3) is 4.24. The summed E-state index contributed by atoms with van der Waals surface area (Å²) in [7, 11) is 0. The monoisotopic (exact) mass is 248 g/mol. The maximum absolute atomic E-state index is 11.4. The fourth-order valence-electron chi connectivity index (χ4n) is 1.65. The minimum atomic E-state index is -0.289. The fraction of sp³-hybridized carbons (Fsp3) is 0.400. The molecule has 1 aromatic carbocycles. The van der Waals surface area contributed by atoms with E-state index in [2.05, 4.69) is 0 Å². The standard InChI is InChI=1S/C15H20O3/c1-4-12(11-15(16)18-6-3)13-7-9-14(10-8-13)17-5-2/h7-11H,4-6H2,1-3H3. The maximum atomic E-state index is 11.4. The lowest BCUT2D eigenvalue weighted by atomic mass is 10.0. The number of allylic oxidation sites excluding steroid dienone is 1. The molecule has 0 aliphatic carbocycles. The first-order valence-corrected chi connectivity index (χ1v) is 6.31. The van der Waals surface area contributed by atoms with E-state index in [1.807, 2.05) is 38.1 Å². The molecule has 0 fully saturated rings. The average Bonchev–Trinajstić information content (AvgIpc) is 2.38. The van der Waals surface area contributed by atoms with Crippen LogP contribution in [-0.4, -0.2) is 19.2 Å². The minimum absolute atomic E-state index is 0.289. The van der Waals surface area contributed by atoms with Crippen molar-refractivity contribution in [3.05, 3.63) is 35.9 Å². The Kier molecular flexibility index (Phi) is 5.98. The Hall–Kier alpha value is -1.77. The first-order valence-electron chi connectivity index (χ1n) is 6.31. The van der Waals surface area contributed by atoms with Crippen molar-refractivity contribution in [2.45, 2.75) is 27.2 Å². The van der Waals surface area contributed by atoms with Gasteiger partial charge < -0.3 is 9.47 Å². The molecule has 0 amide bonds.